The van der Waals surface area contributed by atoms with E-state index in [4.69, 9.17) is 29.4 Å². The number of hydrogen-bond acceptors (Lipinski definition) is 9. The van der Waals surface area contributed by atoms with Gasteiger partial charge in [0.1, 0.15) is 5.69 Å². The van der Waals surface area contributed by atoms with Gasteiger partial charge in [-0.2, -0.15) is 15.0 Å². The van der Waals surface area contributed by atoms with Crippen molar-refractivity contribution < 1.29 is 9.47 Å². The summed E-state index contributed by atoms with van der Waals surface area (Å²) in [6, 6.07) is 0. The van der Waals surface area contributed by atoms with E-state index in [1.54, 1.807) is 11.3 Å². The lowest BCUT2D eigenvalue weighted by Gasteiger charge is -2.30. The summed E-state index contributed by atoms with van der Waals surface area (Å²) in [5.74, 6) is 2.05. The summed E-state index contributed by atoms with van der Waals surface area (Å²) in [5, 5.41) is 3.13. The second-order valence-electron chi connectivity index (χ2n) is 7.75. The Hall–Kier alpha value is -1.84. The highest BCUT2D eigenvalue weighted by Crippen LogP contribution is 2.30. The maximum atomic E-state index is 5.47. The van der Waals surface area contributed by atoms with Crippen molar-refractivity contribution >= 4 is 23.2 Å². The van der Waals surface area contributed by atoms with Crippen molar-refractivity contribution in [2.75, 3.05) is 62.4 Å². The van der Waals surface area contributed by atoms with Crippen LogP contribution in [-0.2, 0) is 14.9 Å². The maximum Gasteiger partial charge on any atom is 0.230 e. The predicted molar refractivity (Wildman–Crippen MR) is 106 cm³/mol. The molecule has 0 bridgehead atoms. The van der Waals surface area contributed by atoms with E-state index in [1.807, 2.05) is 5.38 Å². The zero-order valence-corrected chi connectivity index (χ0v) is 17.0. The van der Waals surface area contributed by atoms with E-state index in [0.29, 0.717) is 44.1 Å². The fourth-order valence-electron chi connectivity index (χ4n) is 3.00. The molecule has 0 N–H and O–H groups in total. The van der Waals surface area contributed by atoms with Crippen LogP contribution in [0.1, 0.15) is 25.8 Å². The van der Waals surface area contributed by atoms with E-state index in [-0.39, 0.29) is 5.41 Å². The summed E-state index contributed by atoms with van der Waals surface area (Å²) in [4.78, 5) is 23.4. The number of anilines is 2. The molecule has 2 saturated heterocycles. The molecule has 146 valence electrons. The van der Waals surface area contributed by atoms with Crippen LogP contribution in [0.25, 0.3) is 11.5 Å². The van der Waals surface area contributed by atoms with Gasteiger partial charge in [0.05, 0.1) is 31.4 Å². The van der Waals surface area contributed by atoms with Crippen LogP contribution >= 0.6 is 11.3 Å². The first-order valence-electron chi connectivity index (χ1n) is 9.38. The third-order valence-electron chi connectivity index (χ3n) is 4.57. The molecule has 2 aromatic rings. The van der Waals surface area contributed by atoms with Crippen molar-refractivity contribution in [2.24, 2.45) is 0 Å². The summed E-state index contributed by atoms with van der Waals surface area (Å²) in [6.45, 7) is 12.4. The third-order valence-corrected chi connectivity index (χ3v) is 5.84. The van der Waals surface area contributed by atoms with Crippen LogP contribution in [0.3, 0.4) is 0 Å². The monoisotopic (exact) mass is 390 g/mol. The molecular formula is C18H26N6O2S. The van der Waals surface area contributed by atoms with E-state index in [0.717, 1.165) is 36.9 Å². The average molecular weight is 391 g/mol. The Kier molecular flexibility index (Phi) is 5.25. The van der Waals surface area contributed by atoms with E-state index < -0.39 is 0 Å². The average Bonchev–Trinajstić information content (AvgIpc) is 3.20. The predicted octanol–water partition coefficient (Wildman–Crippen LogP) is 1.97. The summed E-state index contributed by atoms with van der Waals surface area (Å²) in [5.41, 5.74) is 0.826. The Labute approximate surface area is 163 Å². The van der Waals surface area contributed by atoms with Gasteiger partial charge in [0.15, 0.2) is 5.82 Å². The Morgan fingerprint density at radius 1 is 0.815 bits per heavy atom. The minimum atomic E-state index is 0.00994. The van der Waals surface area contributed by atoms with Gasteiger partial charge in [0.25, 0.3) is 0 Å². The van der Waals surface area contributed by atoms with Gasteiger partial charge in [0, 0.05) is 37.0 Å². The van der Waals surface area contributed by atoms with Crippen LogP contribution in [0.15, 0.2) is 5.38 Å². The highest BCUT2D eigenvalue weighted by Gasteiger charge is 2.23. The molecule has 2 aliphatic rings. The fraction of sp³-hybridized carbons (Fsp3) is 0.667. The molecule has 4 rings (SSSR count). The quantitative estimate of drug-likeness (QED) is 0.787. The molecule has 0 radical (unpaired) electrons. The molecule has 9 heteroatoms. The van der Waals surface area contributed by atoms with Gasteiger partial charge in [0.2, 0.25) is 11.9 Å². The van der Waals surface area contributed by atoms with Crippen LogP contribution < -0.4 is 9.80 Å². The van der Waals surface area contributed by atoms with Crippen LogP contribution in [0.2, 0.25) is 0 Å². The van der Waals surface area contributed by atoms with Crippen molar-refractivity contribution in [3.05, 3.63) is 10.4 Å². The molecule has 0 atom stereocenters. The second-order valence-corrected chi connectivity index (χ2v) is 8.60. The SMILES string of the molecule is CC(C)(C)c1nc(-c2nc(N3CCOCC3)nc(N3CCOCC3)n2)cs1. The van der Waals surface area contributed by atoms with Gasteiger partial charge in [-0.15, -0.1) is 11.3 Å². The fourth-order valence-corrected chi connectivity index (χ4v) is 3.88. The van der Waals surface area contributed by atoms with E-state index in [1.165, 1.54) is 0 Å². The van der Waals surface area contributed by atoms with Gasteiger partial charge in [-0.3, -0.25) is 0 Å². The Balaban J connectivity index is 1.71. The van der Waals surface area contributed by atoms with Crippen molar-refractivity contribution in [1.82, 2.24) is 19.9 Å². The first-order valence-corrected chi connectivity index (χ1v) is 10.3. The van der Waals surface area contributed by atoms with E-state index >= 15 is 0 Å². The highest BCUT2D eigenvalue weighted by molar-refractivity contribution is 7.10. The van der Waals surface area contributed by atoms with Crippen molar-refractivity contribution in [3.63, 3.8) is 0 Å². The summed E-state index contributed by atoms with van der Waals surface area (Å²) < 4.78 is 10.9. The molecule has 2 aliphatic heterocycles. The Bertz CT molecular complexity index is 742. The molecule has 4 heterocycles. The third kappa shape index (κ3) is 4.20. The zero-order valence-electron chi connectivity index (χ0n) is 16.1. The van der Waals surface area contributed by atoms with Crippen molar-refractivity contribution in [2.45, 2.75) is 26.2 Å². The normalized spacial score (nSPS) is 18.8. The topological polar surface area (TPSA) is 76.5 Å². The summed E-state index contributed by atoms with van der Waals surface area (Å²) >= 11 is 1.66. The molecule has 2 aromatic heterocycles. The minimum Gasteiger partial charge on any atom is -0.378 e. The zero-order chi connectivity index (χ0) is 18.9. The Morgan fingerprint density at radius 3 is 1.78 bits per heavy atom. The van der Waals surface area contributed by atoms with Gasteiger partial charge >= 0.3 is 0 Å². The molecule has 27 heavy (non-hydrogen) atoms. The highest BCUT2D eigenvalue weighted by atomic mass is 32.1. The number of morpholine rings is 2. The van der Waals surface area contributed by atoms with Crippen LogP contribution in [0.5, 0.6) is 0 Å². The Morgan fingerprint density at radius 2 is 1.33 bits per heavy atom. The number of hydrogen-bond donors (Lipinski definition) is 0. The van der Waals surface area contributed by atoms with Crippen LogP contribution in [-0.4, -0.2) is 72.5 Å². The maximum absolute atomic E-state index is 5.47. The molecule has 8 nitrogen and oxygen atoms in total. The molecule has 2 fully saturated rings. The lowest BCUT2D eigenvalue weighted by atomic mass is 9.98. The van der Waals surface area contributed by atoms with E-state index in [2.05, 4.69) is 30.6 Å². The lowest BCUT2D eigenvalue weighted by molar-refractivity contribution is 0.121. The first-order chi connectivity index (χ1) is 13.0. The van der Waals surface area contributed by atoms with Gasteiger partial charge in [-0.05, 0) is 0 Å². The van der Waals surface area contributed by atoms with Gasteiger partial charge < -0.3 is 19.3 Å². The van der Waals surface area contributed by atoms with Crippen LogP contribution in [0, 0.1) is 0 Å². The van der Waals surface area contributed by atoms with Crippen molar-refractivity contribution in [1.29, 1.82) is 0 Å². The smallest absolute Gasteiger partial charge is 0.230 e. The number of nitrogens with zero attached hydrogens (tertiary/aromatic N) is 6. The number of rotatable bonds is 3. The standard InChI is InChI=1S/C18H26N6O2S/c1-18(2,3)15-19-13(12-27-15)14-20-16(23-4-8-25-9-5-23)22-17(21-14)24-6-10-26-11-7-24/h12H,4-11H2,1-3H3. The molecule has 0 aromatic carbocycles. The number of ether oxygens (including phenoxy) is 2. The number of thiazole rings is 1. The second kappa shape index (κ2) is 7.65. The molecule has 0 saturated carbocycles. The molecule has 0 aliphatic carbocycles. The molecular weight excluding hydrogens is 364 g/mol. The molecule has 0 amide bonds. The molecule has 0 spiro atoms. The minimum absolute atomic E-state index is 0.00994. The van der Waals surface area contributed by atoms with Gasteiger partial charge in [-0.1, -0.05) is 20.8 Å². The van der Waals surface area contributed by atoms with Gasteiger partial charge in [-0.25, -0.2) is 4.98 Å². The summed E-state index contributed by atoms with van der Waals surface area (Å²) in [7, 11) is 0. The van der Waals surface area contributed by atoms with Crippen molar-refractivity contribution in [3.8, 4) is 11.5 Å². The molecule has 0 unspecified atom stereocenters. The first kappa shape index (κ1) is 18.5. The summed E-state index contributed by atoms with van der Waals surface area (Å²) in [6.07, 6.45) is 0. The van der Waals surface area contributed by atoms with Crippen LogP contribution in [0.4, 0.5) is 11.9 Å². The van der Waals surface area contributed by atoms with E-state index in [9.17, 15) is 0 Å². The largest absolute Gasteiger partial charge is 0.378 e. The lowest BCUT2D eigenvalue weighted by Crippen LogP contribution is -2.40. The number of aromatic nitrogens is 4.